The van der Waals surface area contributed by atoms with Crippen molar-refractivity contribution in [2.24, 2.45) is 0 Å². The molecule has 0 aliphatic carbocycles. The second-order valence-corrected chi connectivity index (χ2v) is 13.9. The molecule has 2 heterocycles. The van der Waals surface area contributed by atoms with Gasteiger partial charge in [0, 0.05) is 23.4 Å². The van der Waals surface area contributed by atoms with E-state index in [4.69, 9.17) is 4.98 Å². The molecule has 0 atom stereocenters. The first kappa shape index (κ1) is 30.7. The minimum Gasteiger partial charge on any atom is -0.349 e. The smallest absolute Gasteiger partial charge is 0.215 e. The van der Waals surface area contributed by atoms with Gasteiger partial charge in [-0.15, -0.1) is 0 Å². The largest absolute Gasteiger partial charge is 0.349 e. The first-order valence-corrected chi connectivity index (χ1v) is 15.4. The number of unbranched alkanes of at least 4 members (excludes halogenated alkanes) is 1. The molecule has 8 heteroatoms. The lowest BCUT2D eigenvalue weighted by Crippen LogP contribution is -2.11. The van der Waals surface area contributed by atoms with Crippen LogP contribution in [0, 0.1) is 23.3 Å². The second-order valence-electron chi connectivity index (χ2n) is 13.9. The number of nitrogens with zero attached hydrogens (tertiary/aromatic N) is 3. The van der Waals surface area contributed by atoms with Gasteiger partial charge in [-0.3, -0.25) is 4.57 Å². The summed E-state index contributed by atoms with van der Waals surface area (Å²) in [6, 6.07) is 18.5. The molecule has 0 fully saturated rings. The Morgan fingerprint density at radius 1 is 0.711 bits per heavy atom. The van der Waals surface area contributed by atoms with E-state index in [9.17, 15) is 17.6 Å². The lowest BCUT2D eigenvalue weighted by atomic mass is 9.85. The molecule has 0 spiro atoms. The van der Waals surface area contributed by atoms with E-state index in [1.807, 2.05) is 6.07 Å². The van der Waals surface area contributed by atoms with E-state index >= 15 is 0 Å². The number of aryl methyl sites for hydroxylation is 1. The van der Waals surface area contributed by atoms with Crippen LogP contribution in [-0.2, 0) is 17.4 Å². The van der Waals surface area contributed by atoms with Gasteiger partial charge in [-0.25, -0.2) is 22.5 Å². The second kappa shape index (κ2) is 10.9. The Morgan fingerprint density at radius 3 is 1.78 bits per heavy atom. The number of hydrogen-bond acceptors (Lipinski definition) is 2. The van der Waals surface area contributed by atoms with Crippen LogP contribution in [0.5, 0.6) is 0 Å². The van der Waals surface area contributed by atoms with Crippen molar-refractivity contribution >= 4 is 44.2 Å². The van der Waals surface area contributed by atoms with Gasteiger partial charge in [0.2, 0.25) is 5.95 Å². The third-order valence-electron chi connectivity index (χ3n) is 8.56. The third kappa shape index (κ3) is 5.24. The average molecular weight is 615 g/mol. The quantitative estimate of drug-likeness (QED) is 0.150. The monoisotopic (exact) mass is 614 g/mol. The number of fused-ring (bicyclic) bond motifs is 4. The molecule has 0 amide bonds. The van der Waals surface area contributed by atoms with Gasteiger partial charge in [0.15, 0.2) is 23.3 Å². The fourth-order valence-electron chi connectivity index (χ4n) is 5.93. The number of aromatic nitrogens is 3. The lowest BCUT2D eigenvalue weighted by molar-refractivity contribution is 0.459. The minimum atomic E-state index is -1.50. The van der Waals surface area contributed by atoms with E-state index in [0.29, 0.717) is 18.0 Å². The van der Waals surface area contributed by atoms with Crippen molar-refractivity contribution in [1.82, 2.24) is 14.1 Å². The maximum absolute atomic E-state index is 14.7. The standard InChI is InChI=1S/C37H38F4N4/c1-8-9-17-44-30-12-10-11-27(42-34-31(40)25(38)20-26(39)32(34)41)33(30)43-35(44)45-28-15-13-21(36(2,3)4)18-23(28)24-19-22(37(5,6)7)14-16-29(24)45/h10-16,18-20,42H,8-9,17H2,1-7H3. The minimum absolute atomic E-state index is 0.0555. The predicted octanol–water partition coefficient (Wildman–Crippen LogP) is 10.8. The summed E-state index contributed by atoms with van der Waals surface area (Å²) >= 11 is 0. The van der Waals surface area contributed by atoms with Gasteiger partial charge < -0.3 is 9.88 Å². The molecule has 1 N–H and O–H groups in total. The molecule has 2 aromatic heterocycles. The normalized spacial score (nSPS) is 12.6. The fraction of sp³-hybridized carbons (Fsp3) is 0.324. The lowest BCUT2D eigenvalue weighted by Gasteiger charge is -2.19. The molecule has 234 valence electrons. The zero-order valence-electron chi connectivity index (χ0n) is 26.7. The van der Waals surface area contributed by atoms with Crippen LogP contribution < -0.4 is 5.32 Å². The Morgan fingerprint density at radius 2 is 1.27 bits per heavy atom. The highest BCUT2D eigenvalue weighted by molar-refractivity contribution is 6.10. The van der Waals surface area contributed by atoms with Gasteiger partial charge >= 0.3 is 0 Å². The van der Waals surface area contributed by atoms with Crippen molar-refractivity contribution in [3.05, 3.63) is 95.1 Å². The maximum atomic E-state index is 14.7. The Hall–Kier alpha value is -4.33. The molecule has 0 aliphatic rings. The van der Waals surface area contributed by atoms with Crippen LogP contribution in [0.15, 0.2) is 60.7 Å². The third-order valence-corrected chi connectivity index (χ3v) is 8.56. The summed E-state index contributed by atoms with van der Waals surface area (Å²) in [5.41, 5.74) is 4.78. The van der Waals surface area contributed by atoms with E-state index < -0.39 is 29.0 Å². The summed E-state index contributed by atoms with van der Waals surface area (Å²) in [6.07, 6.45) is 1.81. The molecule has 0 saturated carbocycles. The van der Waals surface area contributed by atoms with Crippen molar-refractivity contribution in [1.29, 1.82) is 0 Å². The maximum Gasteiger partial charge on any atom is 0.215 e. The first-order valence-electron chi connectivity index (χ1n) is 15.4. The zero-order chi connectivity index (χ0) is 32.4. The number of para-hydroxylation sites is 1. The van der Waals surface area contributed by atoms with E-state index in [-0.39, 0.29) is 22.6 Å². The zero-order valence-corrected chi connectivity index (χ0v) is 26.7. The number of anilines is 2. The van der Waals surface area contributed by atoms with Crippen molar-refractivity contribution in [3.63, 3.8) is 0 Å². The molecule has 4 nitrogen and oxygen atoms in total. The molecule has 0 aliphatic heterocycles. The van der Waals surface area contributed by atoms with Crippen LogP contribution in [-0.4, -0.2) is 14.1 Å². The van der Waals surface area contributed by atoms with Crippen molar-refractivity contribution < 1.29 is 17.6 Å². The molecule has 0 saturated heterocycles. The Kier molecular flexibility index (Phi) is 7.45. The molecule has 0 radical (unpaired) electrons. The van der Waals surface area contributed by atoms with Crippen LogP contribution in [0.25, 0.3) is 38.8 Å². The van der Waals surface area contributed by atoms with Gasteiger partial charge in [-0.1, -0.05) is 73.1 Å². The predicted molar refractivity (Wildman–Crippen MR) is 176 cm³/mol. The van der Waals surface area contributed by atoms with Gasteiger partial charge in [0.1, 0.15) is 11.2 Å². The number of hydrogen-bond donors (Lipinski definition) is 1. The topological polar surface area (TPSA) is 34.8 Å². The van der Waals surface area contributed by atoms with Crippen LogP contribution in [0.4, 0.5) is 28.9 Å². The molecule has 0 unspecified atom stereocenters. The first-order chi connectivity index (χ1) is 21.2. The highest BCUT2D eigenvalue weighted by Crippen LogP contribution is 2.39. The summed E-state index contributed by atoms with van der Waals surface area (Å²) in [6.45, 7) is 15.9. The number of halogens is 4. The van der Waals surface area contributed by atoms with E-state index in [1.54, 1.807) is 12.1 Å². The molecule has 6 aromatic rings. The SMILES string of the molecule is CCCCn1c(-n2c3ccc(C(C)(C)C)cc3c3cc(C(C)(C)C)ccc32)nc2c(Nc3c(F)c(F)cc(F)c3F)cccc21. The molecule has 6 rings (SSSR count). The summed E-state index contributed by atoms with van der Waals surface area (Å²) in [5.74, 6) is -5.31. The van der Waals surface area contributed by atoms with E-state index in [0.717, 1.165) is 40.2 Å². The molecular weight excluding hydrogens is 576 g/mol. The van der Waals surface area contributed by atoms with Crippen LogP contribution in [0.3, 0.4) is 0 Å². The molecular formula is C37H38F4N4. The molecule has 4 aromatic carbocycles. The van der Waals surface area contributed by atoms with E-state index in [1.165, 1.54) is 11.1 Å². The average Bonchev–Trinajstić information content (AvgIpc) is 3.51. The summed E-state index contributed by atoms with van der Waals surface area (Å²) < 4.78 is 61.8. The van der Waals surface area contributed by atoms with Crippen molar-refractivity contribution in [3.8, 4) is 5.95 Å². The van der Waals surface area contributed by atoms with Gasteiger partial charge in [-0.05, 0) is 64.8 Å². The molecule has 0 bridgehead atoms. The van der Waals surface area contributed by atoms with Crippen molar-refractivity contribution in [2.45, 2.75) is 78.7 Å². The van der Waals surface area contributed by atoms with Crippen LogP contribution >= 0.6 is 0 Å². The highest BCUT2D eigenvalue weighted by atomic mass is 19.2. The summed E-state index contributed by atoms with van der Waals surface area (Å²) in [5, 5.41) is 4.83. The fourth-order valence-corrected chi connectivity index (χ4v) is 5.93. The summed E-state index contributed by atoms with van der Waals surface area (Å²) in [4.78, 5) is 5.08. The van der Waals surface area contributed by atoms with E-state index in [2.05, 4.69) is 99.3 Å². The number of imidazole rings is 1. The number of benzene rings is 4. The van der Waals surface area contributed by atoms with Gasteiger partial charge in [-0.2, -0.15) is 0 Å². The van der Waals surface area contributed by atoms with Crippen molar-refractivity contribution in [2.75, 3.05) is 5.32 Å². The van der Waals surface area contributed by atoms with Crippen LogP contribution in [0.1, 0.15) is 72.4 Å². The Balaban J connectivity index is 1.66. The Labute approximate surface area is 260 Å². The highest BCUT2D eigenvalue weighted by Gasteiger charge is 2.25. The number of nitrogens with one attached hydrogen (secondary N) is 1. The number of rotatable bonds is 6. The Bertz CT molecular complexity index is 1990. The van der Waals surface area contributed by atoms with Crippen LogP contribution in [0.2, 0.25) is 0 Å². The summed E-state index contributed by atoms with van der Waals surface area (Å²) in [7, 11) is 0. The molecule has 45 heavy (non-hydrogen) atoms. The van der Waals surface area contributed by atoms with Gasteiger partial charge in [0.05, 0.1) is 22.2 Å². The van der Waals surface area contributed by atoms with Gasteiger partial charge in [0.25, 0.3) is 0 Å².